The summed E-state index contributed by atoms with van der Waals surface area (Å²) in [4.78, 5) is 40.0. The Morgan fingerprint density at radius 2 is 1.67 bits per heavy atom. The number of amides is 2. The second-order valence-corrected chi connectivity index (χ2v) is 11.3. The number of carbonyl (C=O) groups excluding carboxylic acids is 2. The normalized spacial score (nSPS) is 15.3. The van der Waals surface area contributed by atoms with Crippen molar-refractivity contribution < 1.29 is 19.5 Å². The Morgan fingerprint density at radius 3 is 2.19 bits per heavy atom. The van der Waals surface area contributed by atoms with E-state index in [1.54, 1.807) is 21.0 Å². The van der Waals surface area contributed by atoms with Gasteiger partial charge in [0.25, 0.3) is 0 Å². The number of carboxylic acids is 1. The second-order valence-electron chi connectivity index (χ2n) is 11.3. The first kappa shape index (κ1) is 29.1. The molecule has 0 radical (unpaired) electrons. The molecule has 0 bridgehead atoms. The van der Waals surface area contributed by atoms with Gasteiger partial charge in [-0.3, -0.25) is 9.59 Å². The highest BCUT2D eigenvalue weighted by molar-refractivity contribution is 5.93. The van der Waals surface area contributed by atoms with Crippen LogP contribution in [0.25, 0.3) is 10.9 Å². The maximum Gasteiger partial charge on any atom is 0.331 e. The van der Waals surface area contributed by atoms with Crippen LogP contribution in [-0.4, -0.2) is 64.6 Å². The Bertz CT molecular complexity index is 1160. The van der Waals surface area contributed by atoms with E-state index in [1.165, 1.54) is 17.9 Å². The molecular formula is C28H42N4O4. The van der Waals surface area contributed by atoms with Gasteiger partial charge in [0, 0.05) is 48.2 Å². The number of likely N-dealkylation sites (N-methyl/N-ethyl adjacent to an activating group) is 2. The molecule has 2 aromatic rings. The van der Waals surface area contributed by atoms with Crippen molar-refractivity contribution >= 4 is 28.7 Å². The van der Waals surface area contributed by atoms with Gasteiger partial charge in [0.05, 0.1) is 6.04 Å². The number of fused-ring (bicyclic) bond motifs is 1. The fraction of sp³-hybridized carbons (Fsp3) is 0.536. The first-order valence-electron chi connectivity index (χ1n) is 12.2. The summed E-state index contributed by atoms with van der Waals surface area (Å²) in [7, 11) is 5.36. The fourth-order valence-corrected chi connectivity index (χ4v) is 4.65. The highest BCUT2D eigenvalue weighted by atomic mass is 16.4. The minimum Gasteiger partial charge on any atom is -0.478 e. The molecule has 0 spiro atoms. The smallest absolute Gasteiger partial charge is 0.331 e. The van der Waals surface area contributed by atoms with Gasteiger partial charge in [-0.25, -0.2) is 4.79 Å². The van der Waals surface area contributed by atoms with Gasteiger partial charge < -0.3 is 25.2 Å². The van der Waals surface area contributed by atoms with Crippen molar-refractivity contribution in [2.45, 2.75) is 72.0 Å². The lowest BCUT2D eigenvalue weighted by atomic mass is 9.76. The number of aliphatic carboxylic acids is 1. The van der Waals surface area contributed by atoms with Crippen molar-refractivity contribution in [3.63, 3.8) is 0 Å². The predicted molar refractivity (Wildman–Crippen MR) is 144 cm³/mol. The van der Waals surface area contributed by atoms with Crippen molar-refractivity contribution in [2.75, 3.05) is 14.1 Å². The molecule has 1 unspecified atom stereocenters. The topological polar surface area (TPSA) is 104 Å². The molecule has 2 amide bonds. The lowest BCUT2D eigenvalue weighted by Crippen LogP contribution is -2.61. The number of benzene rings is 1. The average Bonchev–Trinajstić information content (AvgIpc) is 3.13. The number of hydrogen-bond donors (Lipinski definition) is 3. The van der Waals surface area contributed by atoms with Crippen molar-refractivity contribution in [2.24, 2.45) is 12.5 Å². The lowest BCUT2D eigenvalue weighted by Gasteiger charge is -2.38. The molecule has 8 heteroatoms. The van der Waals surface area contributed by atoms with E-state index >= 15 is 0 Å². The molecule has 3 N–H and O–H groups in total. The van der Waals surface area contributed by atoms with E-state index < -0.39 is 34.9 Å². The standard InChI is InChI=1S/C28H42N4O4/c1-17(26(35)36)15-18(2)32(10)25(34)23(27(3,4)5)30-24(33)22(29-8)28(6,7)20-16-31(9)21-14-12-11-13-19(20)21/h11-16,18,22-23,29H,1-10H3,(H,30,33)(H,35,36)/t18?,22-,23-/m1/s1. The van der Waals surface area contributed by atoms with E-state index in [0.29, 0.717) is 0 Å². The van der Waals surface area contributed by atoms with Crippen LogP contribution in [0.2, 0.25) is 0 Å². The molecule has 2 rings (SSSR count). The van der Waals surface area contributed by atoms with Crippen molar-refractivity contribution in [3.8, 4) is 0 Å². The summed E-state index contributed by atoms with van der Waals surface area (Å²) in [5.41, 5.74) is 1.11. The molecule has 0 aliphatic carbocycles. The number of nitrogens with zero attached hydrogens (tertiary/aromatic N) is 2. The third-order valence-electron chi connectivity index (χ3n) is 7.05. The molecule has 1 heterocycles. The summed E-state index contributed by atoms with van der Waals surface area (Å²) in [5.74, 6) is -1.59. The summed E-state index contributed by atoms with van der Waals surface area (Å²) >= 11 is 0. The number of para-hydroxylation sites is 1. The largest absolute Gasteiger partial charge is 0.478 e. The van der Waals surface area contributed by atoms with Crippen LogP contribution >= 0.6 is 0 Å². The maximum atomic E-state index is 13.7. The zero-order valence-electron chi connectivity index (χ0n) is 23.3. The van der Waals surface area contributed by atoms with Crippen LogP contribution in [0.3, 0.4) is 0 Å². The Morgan fingerprint density at radius 1 is 1.08 bits per heavy atom. The summed E-state index contributed by atoms with van der Waals surface area (Å²) in [5, 5.41) is 16.5. The van der Waals surface area contributed by atoms with E-state index in [0.717, 1.165) is 16.5 Å². The number of carboxylic acid groups (broad SMARTS) is 1. The molecule has 0 aliphatic heterocycles. The number of hydrogen-bond acceptors (Lipinski definition) is 4. The number of aryl methyl sites for hydroxylation is 1. The lowest BCUT2D eigenvalue weighted by molar-refractivity contribution is -0.140. The summed E-state index contributed by atoms with van der Waals surface area (Å²) < 4.78 is 2.06. The number of rotatable bonds is 9. The Labute approximate surface area is 214 Å². The number of aromatic nitrogens is 1. The summed E-state index contributed by atoms with van der Waals surface area (Å²) in [6.45, 7) is 13.0. The molecular weight excluding hydrogens is 456 g/mol. The monoisotopic (exact) mass is 498 g/mol. The van der Waals surface area contributed by atoms with Gasteiger partial charge in [-0.1, -0.05) is 58.9 Å². The average molecular weight is 499 g/mol. The fourth-order valence-electron chi connectivity index (χ4n) is 4.65. The van der Waals surface area contributed by atoms with Crippen molar-refractivity contribution in [1.82, 2.24) is 20.1 Å². The molecule has 0 saturated carbocycles. The molecule has 36 heavy (non-hydrogen) atoms. The van der Waals surface area contributed by atoms with Crippen molar-refractivity contribution in [1.29, 1.82) is 0 Å². The second kappa shape index (κ2) is 10.9. The van der Waals surface area contributed by atoms with Gasteiger partial charge in [-0.2, -0.15) is 0 Å². The third kappa shape index (κ3) is 5.98. The first-order chi connectivity index (χ1) is 16.5. The van der Waals surface area contributed by atoms with E-state index in [1.807, 2.05) is 53.8 Å². The van der Waals surface area contributed by atoms with Gasteiger partial charge in [-0.15, -0.1) is 0 Å². The molecule has 3 atom stereocenters. The van der Waals surface area contributed by atoms with Crippen LogP contribution in [0, 0.1) is 5.41 Å². The molecule has 0 fully saturated rings. The van der Waals surface area contributed by atoms with E-state index in [9.17, 15) is 19.5 Å². The maximum absolute atomic E-state index is 13.7. The molecule has 0 aliphatic rings. The third-order valence-corrected chi connectivity index (χ3v) is 7.05. The molecule has 198 valence electrons. The minimum atomic E-state index is -1.03. The van der Waals surface area contributed by atoms with E-state index in [-0.39, 0.29) is 17.4 Å². The molecule has 1 aromatic heterocycles. The van der Waals surface area contributed by atoms with Crippen LogP contribution in [0.5, 0.6) is 0 Å². The number of nitrogens with one attached hydrogen (secondary N) is 2. The quantitative estimate of drug-likeness (QED) is 0.460. The molecule has 1 aromatic carbocycles. The zero-order valence-corrected chi connectivity index (χ0v) is 23.3. The van der Waals surface area contributed by atoms with Crippen LogP contribution in [0.15, 0.2) is 42.1 Å². The van der Waals surface area contributed by atoms with Gasteiger partial charge >= 0.3 is 5.97 Å². The van der Waals surface area contributed by atoms with E-state index in [4.69, 9.17) is 0 Å². The predicted octanol–water partition coefficient (Wildman–Crippen LogP) is 3.45. The minimum absolute atomic E-state index is 0.158. The van der Waals surface area contributed by atoms with E-state index in [2.05, 4.69) is 33.5 Å². The molecule has 0 saturated heterocycles. The molecule has 8 nitrogen and oxygen atoms in total. The van der Waals surface area contributed by atoms with Gasteiger partial charge in [0.2, 0.25) is 11.8 Å². The number of carbonyl (C=O) groups is 3. The Balaban J connectivity index is 2.38. The summed E-state index contributed by atoms with van der Waals surface area (Å²) in [6.07, 6.45) is 3.59. The Hall–Kier alpha value is -3.13. The highest BCUT2D eigenvalue weighted by Gasteiger charge is 2.42. The first-order valence-corrected chi connectivity index (χ1v) is 12.2. The highest BCUT2D eigenvalue weighted by Crippen LogP contribution is 2.35. The van der Waals surface area contributed by atoms with Gasteiger partial charge in [-0.05, 0) is 37.9 Å². The SMILES string of the molecule is CN[C@H](C(=O)N[C@H](C(=O)N(C)C(C)C=C(C)C(=O)O)C(C)(C)C)C(C)(C)c1cn(C)c2ccccc12. The van der Waals surface area contributed by atoms with Crippen LogP contribution in [0.1, 0.15) is 54.0 Å². The van der Waals surface area contributed by atoms with Crippen LogP contribution < -0.4 is 10.6 Å². The van der Waals surface area contributed by atoms with Gasteiger partial charge in [0.1, 0.15) is 6.04 Å². The van der Waals surface area contributed by atoms with Crippen LogP contribution in [-0.2, 0) is 26.8 Å². The van der Waals surface area contributed by atoms with Crippen molar-refractivity contribution in [3.05, 3.63) is 47.7 Å². The van der Waals surface area contributed by atoms with Crippen LogP contribution in [0.4, 0.5) is 0 Å². The summed E-state index contributed by atoms with van der Waals surface area (Å²) in [6, 6.07) is 6.21. The van der Waals surface area contributed by atoms with Gasteiger partial charge in [0.15, 0.2) is 0 Å². The zero-order chi connectivity index (χ0) is 27.6. The Kier molecular flexibility index (Phi) is 8.78.